The smallest absolute Gasteiger partial charge is 0.202 e. The number of hydrogen-bond donors (Lipinski definition) is 0. The number of halogens is 1. The van der Waals surface area contributed by atoms with Gasteiger partial charge in [0.05, 0.1) is 28.0 Å². The first kappa shape index (κ1) is 15.0. The molecule has 4 aromatic heterocycles. The van der Waals surface area contributed by atoms with Crippen molar-refractivity contribution in [1.82, 2.24) is 39.1 Å². The van der Waals surface area contributed by atoms with E-state index in [1.165, 1.54) is 0 Å². The Morgan fingerprint density at radius 2 is 1.85 bits per heavy atom. The molecule has 0 aliphatic rings. The van der Waals surface area contributed by atoms with Gasteiger partial charge in [0, 0.05) is 7.05 Å². The van der Waals surface area contributed by atoms with Crippen molar-refractivity contribution in [2.75, 3.05) is 0 Å². The van der Waals surface area contributed by atoms with Gasteiger partial charge in [0.1, 0.15) is 12.0 Å². The Balaban J connectivity index is 1.75. The number of para-hydroxylation sites is 1. The molecule has 0 aliphatic carbocycles. The molecule has 4 heterocycles. The first-order valence-electron chi connectivity index (χ1n) is 7.97. The third-order valence-electron chi connectivity index (χ3n) is 4.27. The summed E-state index contributed by atoms with van der Waals surface area (Å²) in [5, 5.41) is 14.7. The molecule has 5 rings (SSSR count). The van der Waals surface area contributed by atoms with Crippen molar-refractivity contribution in [3.05, 3.63) is 53.6 Å². The highest BCUT2D eigenvalue weighted by molar-refractivity contribution is 6.33. The van der Waals surface area contributed by atoms with Gasteiger partial charge in [0.15, 0.2) is 11.3 Å². The van der Waals surface area contributed by atoms with Crippen LogP contribution in [-0.4, -0.2) is 39.1 Å². The van der Waals surface area contributed by atoms with E-state index >= 15 is 0 Å². The molecular formula is C17H13ClN8. The third-order valence-corrected chi connectivity index (χ3v) is 4.72. The lowest BCUT2D eigenvalue weighted by Gasteiger charge is -2.01. The second-order valence-electron chi connectivity index (χ2n) is 5.95. The number of rotatable bonds is 2. The maximum absolute atomic E-state index is 6.37. The molecule has 9 heteroatoms. The summed E-state index contributed by atoms with van der Waals surface area (Å²) in [6, 6.07) is 9.84. The summed E-state index contributed by atoms with van der Waals surface area (Å²) < 4.78 is 5.10. The molecule has 0 unspecified atom stereocenters. The van der Waals surface area contributed by atoms with Crippen LogP contribution in [-0.2, 0) is 7.05 Å². The molecule has 0 aliphatic heterocycles. The van der Waals surface area contributed by atoms with Crippen molar-refractivity contribution < 1.29 is 0 Å². The number of hydrogen-bond acceptors (Lipinski definition) is 5. The van der Waals surface area contributed by atoms with Crippen molar-refractivity contribution in [2.24, 2.45) is 7.05 Å². The Morgan fingerprint density at radius 3 is 2.58 bits per heavy atom. The molecule has 128 valence electrons. The molecule has 1 aromatic carbocycles. The van der Waals surface area contributed by atoms with E-state index in [0.717, 1.165) is 22.4 Å². The molecule has 0 spiro atoms. The maximum Gasteiger partial charge on any atom is 0.202 e. The summed E-state index contributed by atoms with van der Waals surface area (Å²) in [7, 11) is 1.82. The van der Waals surface area contributed by atoms with Crippen molar-refractivity contribution in [2.45, 2.75) is 6.92 Å². The summed E-state index contributed by atoms with van der Waals surface area (Å²) in [6.07, 6.45) is 3.38. The van der Waals surface area contributed by atoms with Gasteiger partial charge in [-0.25, -0.2) is 19.2 Å². The van der Waals surface area contributed by atoms with Crippen LogP contribution in [0, 0.1) is 6.92 Å². The molecule has 0 amide bonds. The van der Waals surface area contributed by atoms with E-state index < -0.39 is 0 Å². The minimum absolute atomic E-state index is 0.500. The van der Waals surface area contributed by atoms with E-state index in [1.54, 1.807) is 26.4 Å². The SMILES string of the molecule is Cc1nn(C)c(-c2nc3c4cnn(-c5ccccc5)c4ncn3n2)c1Cl. The minimum Gasteiger partial charge on any atom is -0.263 e. The molecule has 0 saturated heterocycles. The number of benzene rings is 1. The highest BCUT2D eigenvalue weighted by Gasteiger charge is 2.20. The average Bonchev–Trinajstić information content (AvgIpc) is 3.31. The molecule has 26 heavy (non-hydrogen) atoms. The zero-order chi connectivity index (χ0) is 17.8. The first-order valence-corrected chi connectivity index (χ1v) is 8.35. The second-order valence-corrected chi connectivity index (χ2v) is 6.33. The Morgan fingerprint density at radius 1 is 1.04 bits per heavy atom. The highest BCUT2D eigenvalue weighted by atomic mass is 35.5. The van der Waals surface area contributed by atoms with Gasteiger partial charge >= 0.3 is 0 Å². The predicted molar refractivity (Wildman–Crippen MR) is 97.4 cm³/mol. The molecule has 5 aromatic rings. The summed E-state index contributed by atoms with van der Waals surface area (Å²) in [5.74, 6) is 0.500. The standard InChI is InChI=1S/C17H13ClN8/c1-10-13(18)14(24(2)22-10)15-21-17-12-8-20-26(11-6-4-3-5-7-11)16(12)19-9-25(17)23-15/h3-9H,1-2H3. The van der Waals surface area contributed by atoms with Crippen molar-refractivity contribution >= 4 is 28.3 Å². The molecule has 0 atom stereocenters. The van der Waals surface area contributed by atoms with Crippen molar-refractivity contribution in [1.29, 1.82) is 0 Å². The quantitative estimate of drug-likeness (QED) is 0.481. The topological polar surface area (TPSA) is 78.7 Å². The van der Waals surface area contributed by atoms with Crippen LogP contribution in [0.2, 0.25) is 5.02 Å². The van der Waals surface area contributed by atoms with E-state index in [4.69, 9.17) is 11.6 Å². The van der Waals surface area contributed by atoms with Crippen molar-refractivity contribution in [3.63, 3.8) is 0 Å². The minimum atomic E-state index is 0.500. The van der Waals surface area contributed by atoms with Gasteiger partial charge in [-0.3, -0.25) is 4.68 Å². The maximum atomic E-state index is 6.37. The van der Waals surface area contributed by atoms with E-state index in [0.29, 0.717) is 22.2 Å². The van der Waals surface area contributed by atoms with Crippen molar-refractivity contribution in [3.8, 4) is 17.2 Å². The van der Waals surface area contributed by atoms with Gasteiger partial charge < -0.3 is 0 Å². The van der Waals surface area contributed by atoms with Crippen LogP contribution in [0.4, 0.5) is 0 Å². The second kappa shape index (κ2) is 5.37. The molecule has 0 bridgehead atoms. The molecule has 0 N–H and O–H groups in total. The number of fused-ring (bicyclic) bond motifs is 3. The molecule has 0 saturated carbocycles. The fourth-order valence-electron chi connectivity index (χ4n) is 3.05. The van der Waals surface area contributed by atoms with E-state index in [9.17, 15) is 0 Å². The number of aromatic nitrogens is 8. The molecule has 0 radical (unpaired) electrons. The Kier molecular flexibility index (Phi) is 3.10. The van der Waals surface area contributed by atoms with E-state index in [-0.39, 0.29) is 0 Å². The lowest BCUT2D eigenvalue weighted by Crippen LogP contribution is -1.98. The average molecular weight is 365 g/mol. The monoisotopic (exact) mass is 364 g/mol. The van der Waals surface area contributed by atoms with Gasteiger partial charge in [0.25, 0.3) is 0 Å². The fourth-order valence-corrected chi connectivity index (χ4v) is 3.30. The van der Waals surface area contributed by atoms with Gasteiger partial charge in [-0.05, 0) is 19.1 Å². The van der Waals surface area contributed by atoms with E-state index in [1.807, 2.05) is 44.3 Å². The van der Waals surface area contributed by atoms with Crippen LogP contribution >= 0.6 is 11.6 Å². The van der Waals surface area contributed by atoms with Crippen LogP contribution in [0.5, 0.6) is 0 Å². The van der Waals surface area contributed by atoms with E-state index in [2.05, 4.69) is 25.3 Å². The highest BCUT2D eigenvalue weighted by Crippen LogP contribution is 2.29. The molecule has 0 fully saturated rings. The summed E-state index contributed by atoms with van der Waals surface area (Å²) in [5.41, 5.74) is 3.74. The van der Waals surface area contributed by atoms with Crippen LogP contribution in [0.25, 0.3) is 33.9 Å². The lowest BCUT2D eigenvalue weighted by atomic mass is 10.3. The van der Waals surface area contributed by atoms with Gasteiger partial charge in [-0.2, -0.15) is 10.2 Å². The fraction of sp³-hybridized carbons (Fsp3) is 0.118. The van der Waals surface area contributed by atoms with Crippen LogP contribution in [0.1, 0.15) is 5.69 Å². The normalized spacial score (nSPS) is 11.7. The summed E-state index contributed by atoms with van der Waals surface area (Å²) >= 11 is 6.37. The summed E-state index contributed by atoms with van der Waals surface area (Å²) in [6.45, 7) is 1.85. The largest absolute Gasteiger partial charge is 0.263 e. The van der Waals surface area contributed by atoms with Gasteiger partial charge in [-0.1, -0.05) is 29.8 Å². The van der Waals surface area contributed by atoms with Crippen LogP contribution in [0.3, 0.4) is 0 Å². The zero-order valence-corrected chi connectivity index (χ0v) is 14.8. The van der Waals surface area contributed by atoms with Crippen LogP contribution < -0.4 is 0 Å². The van der Waals surface area contributed by atoms with Crippen LogP contribution in [0.15, 0.2) is 42.9 Å². The molecule has 8 nitrogen and oxygen atoms in total. The number of nitrogens with zero attached hydrogens (tertiary/aromatic N) is 8. The molecular weight excluding hydrogens is 352 g/mol. The number of aryl methyl sites for hydroxylation is 2. The third kappa shape index (κ3) is 2.05. The zero-order valence-electron chi connectivity index (χ0n) is 14.0. The Bertz CT molecular complexity index is 1260. The Labute approximate surface area is 152 Å². The van der Waals surface area contributed by atoms with Gasteiger partial charge in [-0.15, -0.1) is 5.10 Å². The lowest BCUT2D eigenvalue weighted by molar-refractivity contribution is 0.758. The van der Waals surface area contributed by atoms with Gasteiger partial charge in [0.2, 0.25) is 5.82 Å². The first-order chi connectivity index (χ1) is 12.6. The predicted octanol–water partition coefficient (Wildman–Crippen LogP) is 2.83. The Hall–Kier alpha value is -3.26. The summed E-state index contributed by atoms with van der Waals surface area (Å²) in [4.78, 5) is 9.17.